The Kier molecular flexibility index (Phi) is 3.71. The zero-order chi connectivity index (χ0) is 14.2. The summed E-state index contributed by atoms with van der Waals surface area (Å²) in [4.78, 5) is 0.0298. The molecule has 0 spiro atoms. The molecule has 0 amide bonds. The van der Waals surface area contributed by atoms with Crippen LogP contribution < -0.4 is 0 Å². The van der Waals surface area contributed by atoms with E-state index in [1.807, 2.05) is 0 Å². The molecule has 2 rings (SSSR count). The molecule has 6 nitrogen and oxygen atoms in total. The first kappa shape index (κ1) is 14.1. The number of benzene rings is 1. The maximum Gasteiger partial charge on any atom is 0.243 e. The van der Waals surface area contributed by atoms with Gasteiger partial charge in [0, 0.05) is 19.2 Å². The molecule has 0 atom stereocenters. The lowest BCUT2D eigenvalue weighted by molar-refractivity contribution is 0.0730. The van der Waals surface area contributed by atoms with Crippen molar-refractivity contribution < 1.29 is 23.4 Å². The third-order valence-corrected chi connectivity index (χ3v) is 5.41. The highest BCUT2D eigenvalue weighted by molar-refractivity contribution is 7.89. The van der Waals surface area contributed by atoms with E-state index >= 15 is 0 Å². The molecule has 7 heteroatoms. The van der Waals surface area contributed by atoms with E-state index < -0.39 is 15.8 Å². The molecule has 19 heavy (non-hydrogen) atoms. The van der Waals surface area contributed by atoms with E-state index in [2.05, 4.69) is 0 Å². The van der Waals surface area contributed by atoms with E-state index in [0.717, 1.165) is 6.07 Å². The largest absolute Gasteiger partial charge is 0.504 e. The van der Waals surface area contributed by atoms with Gasteiger partial charge in [0.25, 0.3) is 0 Å². The fraction of sp³-hybridized carbons (Fsp3) is 0.500. The van der Waals surface area contributed by atoms with Crippen molar-refractivity contribution in [2.24, 2.45) is 0 Å². The Balaban J connectivity index is 2.51. The van der Waals surface area contributed by atoms with Crippen molar-refractivity contribution in [3.63, 3.8) is 0 Å². The zero-order valence-corrected chi connectivity index (χ0v) is 11.7. The molecule has 0 bridgehead atoms. The SMILES string of the molecule is Cc1c(S(=O)(=O)N2CCOCC2)cc(O)c(O)c1C. The summed E-state index contributed by atoms with van der Waals surface area (Å²) in [6.07, 6.45) is 0. The van der Waals surface area contributed by atoms with Crippen LogP contribution in [0, 0.1) is 13.8 Å². The van der Waals surface area contributed by atoms with Crippen LogP contribution in [0.2, 0.25) is 0 Å². The molecule has 0 saturated carbocycles. The average Bonchev–Trinajstić information content (AvgIpc) is 2.41. The van der Waals surface area contributed by atoms with Crippen LogP contribution in [0.15, 0.2) is 11.0 Å². The molecule has 0 aromatic heterocycles. The number of aromatic hydroxyl groups is 2. The molecule has 1 fully saturated rings. The van der Waals surface area contributed by atoms with E-state index in [0.29, 0.717) is 37.4 Å². The number of phenols is 2. The maximum absolute atomic E-state index is 12.5. The number of phenolic OH excluding ortho intramolecular Hbond substituents is 2. The second-order valence-corrected chi connectivity index (χ2v) is 6.42. The van der Waals surface area contributed by atoms with Gasteiger partial charge in [-0.25, -0.2) is 8.42 Å². The molecule has 2 N–H and O–H groups in total. The van der Waals surface area contributed by atoms with E-state index in [9.17, 15) is 18.6 Å². The molecule has 0 radical (unpaired) electrons. The standard InChI is InChI=1S/C12H17NO5S/c1-8-9(2)12(15)10(14)7-11(8)19(16,17)13-3-5-18-6-4-13/h7,14-15H,3-6H2,1-2H3. The minimum atomic E-state index is -3.67. The summed E-state index contributed by atoms with van der Waals surface area (Å²) in [5, 5.41) is 19.2. The Morgan fingerprint density at radius 3 is 2.32 bits per heavy atom. The highest BCUT2D eigenvalue weighted by Crippen LogP contribution is 2.36. The molecule has 0 unspecified atom stereocenters. The maximum atomic E-state index is 12.5. The first-order valence-electron chi connectivity index (χ1n) is 5.95. The van der Waals surface area contributed by atoms with Crippen molar-refractivity contribution in [3.8, 4) is 11.5 Å². The summed E-state index contributed by atoms with van der Waals surface area (Å²) in [7, 11) is -3.67. The van der Waals surface area contributed by atoms with Crippen molar-refractivity contribution in [1.82, 2.24) is 4.31 Å². The van der Waals surface area contributed by atoms with E-state index in [4.69, 9.17) is 4.74 Å². The average molecular weight is 287 g/mol. The van der Waals surface area contributed by atoms with Crippen LogP contribution in [0.1, 0.15) is 11.1 Å². The molecule has 1 aliphatic rings. The van der Waals surface area contributed by atoms with Gasteiger partial charge in [0.1, 0.15) is 0 Å². The fourth-order valence-corrected chi connectivity index (χ4v) is 3.76. The highest BCUT2D eigenvalue weighted by atomic mass is 32.2. The zero-order valence-electron chi connectivity index (χ0n) is 10.9. The lowest BCUT2D eigenvalue weighted by Crippen LogP contribution is -2.40. The Bertz CT molecular complexity index is 591. The topological polar surface area (TPSA) is 87.1 Å². The lowest BCUT2D eigenvalue weighted by Gasteiger charge is -2.27. The summed E-state index contributed by atoms with van der Waals surface area (Å²) < 4.78 is 31.5. The van der Waals surface area contributed by atoms with Crippen LogP contribution in [0.4, 0.5) is 0 Å². The van der Waals surface area contributed by atoms with Gasteiger partial charge in [-0.2, -0.15) is 4.31 Å². The van der Waals surface area contributed by atoms with Crippen LogP contribution in [0.3, 0.4) is 0 Å². The molecule has 1 heterocycles. The van der Waals surface area contributed by atoms with Crippen molar-refractivity contribution in [2.75, 3.05) is 26.3 Å². The summed E-state index contributed by atoms with van der Waals surface area (Å²) in [6, 6.07) is 1.10. The van der Waals surface area contributed by atoms with Gasteiger partial charge < -0.3 is 14.9 Å². The molecular formula is C12H17NO5S. The van der Waals surface area contributed by atoms with Crippen LogP contribution in [0.25, 0.3) is 0 Å². The van der Waals surface area contributed by atoms with Gasteiger partial charge in [-0.3, -0.25) is 0 Å². The Hall–Kier alpha value is -1.31. The van der Waals surface area contributed by atoms with Gasteiger partial charge >= 0.3 is 0 Å². The Morgan fingerprint density at radius 2 is 1.74 bits per heavy atom. The minimum Gasteiger partial charge on any atom is -0.504 e. The molecule has 1 aromatic rings. The number of hydrogen-bond acceptors (Lipinski definition) is 5. The molecule has 1 aliphatic heterocycles. The quantitative estimate of drug-likeness (QED) is 0.783. The predicted octanol–water partition coefficient (Wildman–Crippen LogP) is 0.736. The third kappa shape index (κ3) is 2.41. The summed E-state index contributed by atoms with van der Waals surface area (Å²) >= 11 is 0. The fourth-order valence-electron chi connectivity index (χ4n) is 2.05. The van der Waals surface area contributed by atoms with E-state index in [1.54, 1.807) is 13.8 Å². The summed E-state index contributed by atoms with van der Waals surface area (Å²) in [6.45, 7) is 4.50. The molecule has 1 saturated heterocycles. The lowest BCUT2D eigenvalue weighted by atomic mass is 10.1. The number of nitrogens with zero attached hydrogens (tertiary/aromatic N) is 1. The molecule has 1 aromatic carbocycles. The first-order valence-corrected chi connectivity index (χ1v) is 7.39. The van der Waals surface area contributed by atoms with Crippen LogP contribution in [-0.4, -0.2) is 49.2 Å². The summed E-state index contributed by atoms with van der Waals surface area (Å²) in [5.74, 6) is -0.701. The number of ether oxygens (including phenoxy) is 1. The number of sulfonamides is 1. The molecule has 106 valence electrons. The minimum absolute atomic E-state index is 0.0298. The van der Waals surface area contributed by atoms with Gasteiger partial charge in [-0.15, -0.1) is 0 Å². The number of morpholine rings is 1. The van der Waals surface area contributed by atoms with E-state index in [1.165, 1.54) is 4.31 Å². The Morgan fingerprint density at radius 1 is 1.16 bits per heavy atom. The van der Waals surface area contributed by atoms with Gasteiger partial charge in [0.2, 0.25) is 10.0 Å². The van der Waals surface area contributed by atoms with Crippen LogP contribution in [-0.2, 0) is 14.8 Å². The van der Waals surface area contributed by atoms with Crippen LogP contribution in [0.5, 0.6) is 11.5 Å². The summed E-state index contributed by atoms with van der Waals surface area (Å²) in [5.41, 5.74) is 0.814. The van der Waals surface area contributed by atoms with Crippen LogP contribution >= 0.6 is 0 Å². The third-order valence-electron chi connectivity index (χ3n) is 3.39. The normalized spacial score (nSPS) is 17.6. The monoisotopic (exact) mass is 287 g/mol. The van der Waals surface area contributed by atoms with E-state index in [-0.39, 0.29) is 10.6 Å². The number of rotatable bonds is 2. The van der Waals surface area contributed by atoms with Crippen molar-refractivity contribution in [2.45, 2.75) is 18.7 Å². The van der Waals surface area contributed by atoms with Crippen molar-refractivity contribution in [3.05, 3.63) is 17.2 Å². The van der Waals surface area contributed by atoms with Crippen molar-refractivity contribution in [1.29, 1.82) is 0 Å². The van der Waals surface area contributed by atoms with Gasteiger partial charge in [0.15, 0.2) is 11.5 Å². The number of hydrogen-bond donors (Lipinski definition) is 2. The second kappa shape index (κ2) is 4.99. The molecular weight excluding hydrogens is 270 g/mol. The van der Waals surface area contributed by atoms with Gasteiger partial charge in [0.05, 0.1) is 18.1 Å². The first-order chi connectivity index (χ1) is 8.85. The highest BCUT2D eigenvalue weighted by Gasteiger charge is 2.29. The second-order valence-electron chi connectivity index (χ2n) is 4.51. The predicted molar refractivity (Wildman–Crippen MR) is 68.8 cm³/mol. The molecule has 0 aliphatic carbocycles. The smallest absolute Gasteiger partial charge is 0.243 e. The van der Waals surface area contributed by atoms with Gasteiger partial charge in [-0.05, 0) is 25.0 Å². The van der Waals surface area contributed by atoms with Crippen molar-refractivity contribution >= 4 is 10.0 Å². The Labute approximate surface area is 112 Å². The van der Waals surface area contributed by atoms with Gasteiger partial charge in [-0.1, -0.05) is 0 Å².